The molecule has 5 heterocycles. The number of H-pyrrole nitrogens is 1. The number of benzene rings is 1. The Morgan fingerprint density at radius 1 is 1.17 bits per heavy atom. The molecular formula is C26H24FN7O. The maximum atomic E-state index is 15.2. The molecule has 1 aliphatic heterocycles. The number of pyridine rings is 2. The maximum Gasteiger partial charge on any atom is 0.251 e. The summed E-state index contributed by atoms with van der Waals surface area (Å²) in [5.74, 6) is -0.562. The van der Waals surface area contributed by atoms with E-state index in [0.29, 0.717) is 40.3 Å². The molecule has 0 spiro atoms. The zero-order valence-electron chi connectivity index (χ0n) is 19.2. The summed E-state index contributed by atoms with van der Waals surface area (Å²) in [5, 5.41) is 12.1. The highest BCUT2D eigenvalue weighted by Crippen LogP contribution is 2.36. The number of hydrogen-bond donors (Lipinski definition) is 3. The van der Waals surface area contributed by atoms with E-state index in [-0.39, 0.29) is 5.91 Å². The number of carbonyl (C=O) groups is 1. The Labute approximate surface area is 200 Å². The van der Waals surface area contributed by atoms with Crippen molar-refractivity contribution in [1.29, 1.82) is 0 Å². The number of rotatable bonds is 5. The van der Waals surface area contributed by atoms with Crippen LogP contribution in [0.1, 0.15) is 23.2 Å². The molecule has 0 saturated carbocycles. The van der Waals surface area contributed by atoms with Crippen molar-refractivity contribution in [3.8, 4) is 22.4 Å². The lowest BCUT2D eigenvalue weighted by molar-refractivity contribution is 0.0950. The highest BCUT2D eigenvalue weighted by Gasteiger charge is 2.19. The van der Waals surface area contributed by atoms with Crippen molar-refractivity contribution in [2.24, 2.45) is 7.05 Å². The Balaban J connectivity index is 1.37. The van der Waals surface area contributed by atoms with E-state index in [9.17, 15) is 4.79 Å². The van der Waals surface area contributed by atoms with E-state index in [0.717, 1.165) is 41.5 Å². The van der Waals surface area contributed by atoms with Gasteiger partial charge >= 0.3 is 0 Å². The second kappa shape index (κ2) is 8.59. The molecule has 0 bridgehead atoms. The smallest absolute Gasteiger partial charge is 0.251 e. The fraction of sp³-hybridized carbons (Fsp3) is 0.231. The van der Waals surface area contributed by atoms with Crippen LogP contribution in [0.15, 0.2) is 55.1 Å². The van der Waals surface area contributed by atoms with Gasteiger partial charge in [0.2, 0.25) is 0 Å². The molecule has 1 aromatic carbocycles. The van der Waals surface area contributed by atoms with Crippen LogP contribution in [0.5, 0.6) is 0 Å². The Morgan fingerprint density at radius 2 is 2.03 bits per heavy atom. The summed E-state index contributed by atoms with van der Waals surface area (Å²) in [4.78, 5) is 24.6. The first-order valence-corrected chi connectivity index (χ1v) is 11.6. The Bertz CT molecular complexity index is 1550. The van der Waals surface area contributed by atoms with Crippen LogP contribution in [0.2, 0.25) is 0 Å². The van der Waals surface area contributed by atoms with Gasteiger partial charge in [-0.25, -0.2) is 9.37 Å². The van der Waals surface area contributed by atoms with Gasteiger partial charge in [0, 0.05) is 53.3 Å². The molecule has 3 N–H and O–H groups in total. The number of aromatic nitrogens is 5. The molecule has 6 rings (SSSR count). The fourth-order valence-electron chi connectivity index (χ4n) is 4.77. The molecule has 5 aromatic rings. The molecule has 35 heavy (non-hydrogen) atoms. The lowest BCUT2D eigenvalue weighted by Gasteiger charge is -2.12. The van der Waals surface area contributed by atoms with Gasteiger partial charge in [-0.3, -0.25) is 14.5 Å². The molecule has 0 aliphatic carbocycles. The first kappa shape index (κ1) is 21.4. The second-order valence-electron chi connectivity index (χ2n) is 8.93. The van der Waals surface area contributed by atoms with Crippen LogP contribution >= 0.6 is 0 Å². The second-order valence-corrected chi connectivity index (χ2v) is 8.93. The van der Waals surface area contributed by atoms with Crippen molar-refractivity contribution in [2.75, 3.05) is 13.1 Å². The van der Waals surface area contributed by atoms with Crippen LogP contribution in [0.4, 0.5) is 4.39 Å². The van der Waals surface area contributed by atoms with Crippen LogP contribution in [0.25, 0.3) is 44.3 Å². The molecule has 1 amide bonds. The topological polar surface area (TPSA) is 101 Å². The summed E-state index contributed by atoms with van der Waals surface area (Å²) in [5.41, 5.74) is 4.61. The fourth-order valence-corrected chi connectivity index (χ4v) is 4.77. The van der Waals surface area contributed by atoms with Gasteiger partial charge in [-0.1, -0.05) is 12.1 Å². The zero-order valence-corrected chi connectivity index (χ0v) is 19.2. The van der Waals surface area contributed by atoms with Gasteiger partial charge in [0.1, 0.15) is 11.5 Å². The number of aryl methyl sites for hydroxylation is 1. The van der Waals surface area contributed by atoms with Gasteiger partial charge in [-0.15, -0.1) is 0 Å². The van der Waals surface area contributed by atoms with E-state index in [1.54, 1.807) is 41.3 Å². The quantitative estimate of drug-likeness (QED) is 0.364. The van der Waals surface area contributed by atoms with Crippen molar-refractivity contribution in [3.63, 3.8) is 0 Å². The minimum Gasteiger partial charge on any atom is -0.350 e. The summed E-state index contributed by atoms with van der Waals surface area (Å²) in [6.45, 7) is 1.59. The van der Waals surface area contributed by atoms with Crippen LogP contribution in [-0.2, 0) is 7.05 Å². The van der Waals surface area contributed by atoms with Crippen LogP contribution in [0, 0.1) is 5.82 Å². The summed E-state index contributed by atoms with van der Waals surface area (Å²) < 4.78 is 16.9. The number of carbonyl (C=O) groups excluding carboxylic acids is 1. The largest absolute Gasteiger partial charge is 0.350 e. The Kier molecular flexibility index (Phi) is 5.26. The first-order chi connectivity index (χ1) is 17.1. The molecule has 0 unspecified atom stereocenters. The summed E-state index contributed by atoms with van der Waals surface area (Å²) in [7, 11) is 1.85. The van der Waals surface area contributed by atoms with Crippen molar-refractivity contribution in [2.45, 2.75) is 18.9 Å². The molecule has 1 atom stereocenters. The lowest BCUT2D eigenvalue weighted by Crippen LogP contribution is -2.37. The van der Waals surface area contributed by atoms with Crippen LogP contribution < -0.4 is 10.6 Å². The SMILES string of the molecule is Cn1cc(-c2cc3c(cn2)[nH]c2ncc(F)c(-c4ccc(C(=O)NC[C@H]5CCCN5)cc4)c23)cn1. The molecule has 4 aromatic heterocycles. The third kappa shape index (κ3) is 3.93. The molecule has 1 saturated heterocycles. The molecule has 9 heteroatoms. The number of halogens is 1. The Hall–Kier alpha value is -4.11. The molecule has 176 valence electrons. The van der Waals surface area contributed by atoms with Crippen molar-refractivity contribution >= 4 is 27.8 Å². The lowest BCUT2D eigenvalue weighted by atomic mass is 9.99. The van der Waals surface area contributed by atoms with E-state index < -0.39 is 5.82 Å². The molecule has 1 aliphatic rings. The molecule has 8 nitrogen and oxygen atoms in total. The van der Waals surface area contributed by atoms with E-state index in [1.165, 1.54) is 6.20 Å². The monoisotopic (exact) mass is 469 g/mol. The number of nitrogens with zero attached hydrogens (tertiary/aromatic N) is 4. The van der Waals surface area contributed by atoms with E-state index in [1.807, 2.05) is 19.3 Å². The number of fused-ring (bicyclic) bond motifs is 3. The normalized spacial score (nSPS) is 15.8. The molecular weight excluding hydrogens is 445 g/mol. The van der Waals surface area contributed by atoms with Gasteiger partial charge in [0.25, 0.3) is 5.91 Å². The summed E-state index contributed by atoms with van der Waals surface area (Å²) in [6, 6.07) is 9.27. The zero-order chi connectivity index (χ0) is 23.9. The summed E-state index contributed by atoms with van der Waals surface area (Å²) in [6.07, 6.45) is 8.78. The highest BCUT2D eigenvalue weighted by atomic mass is 19.1. The minimum atomic E-state index is -0.428. The minimum absolute atomic E-state index is 0.134. The predicted molar refractivity (Wildman–Crippen MR) is 132 cm³/mol. The maximum absolute atomic E-state index is 15.2. The summed E-state index contributed by atoms with van der Waals surface area (Å²) >= 11 is 0. The van der Waals surface area contributed by atoms with Gasteiger partial charge < -0.3 is 15.6 Å². The average molecular weight is 470 g/mol. The number of nitrogens with one attached hydrogen (secondary N) is 3. The van der Waals surface area contributed by atoms with Gasteiger partial charge in [-0.2, -0.15) is 5.10 Å². The molecule has 1 fully saturated rings. The first-order valence-electron chi connectivity index (χ1n) is 11.6. The van der Waals surface area contributed by atoms with E-state index >= 15 is 4.39 Å². The van der Waals surface area contributed by atoms with E-state index in [4.69, 9.17) is 0 Å². The van der Waals surface area contributed by atoms with Crippen LogP contribution in [-0.4, -0.2) is 49.8 Å². The number of aromatic amines is 1. The van der Waals surface area contributed by atoms with Crippen LogP contribution in [0.3, 0.4) is 0 Å². The average Bonchev–Trinajstić information content (AvgIpc) is 3.62. The predicted octanol–water partition coefficient (Wildman–Crippen LogP) is 3.80. The van der Waals surface area contributed by atoms with Gasteiger partial charge in [0.05, 0.1) is 29.8 Å². The third-order valence-electron chi connectivity index (χ3n) is 6.57. The number of hydrogen-bond acceptors (Lipinski definition) is 5. The molecule has 0 radical (unpaired) electrons. The Morgan fingerprint density at radius 3 is 2.77 bits per heavy atom. The van der Waals surface area contributed by atoms with Gasteiger partial charge in [-0.05, 0) is 43.1 Å². The van der Waals surface area contributed by atoms with E-state index in [2.05, 4.69) is 30.7 Å². The van der Waals surface area contributed by atoms with Gasteiger partial charge in [0.15, 0.2) is 0 Å². The van der Waals surface area contributed by atoms with Crippen molar-refractivity contribution in [3.05, 3.63) is 66.5 Å². The standard InChI is InChI=1S/C26H24FN7O/c1-34-14-17(10-32-34)21-9-19-22(13-29-21)33-25-24(19)23(20(27)12-30-25)15-4-6-16(7-5-15)26(35)31-11-18-3-2-8-28-18/h4-7,9-10,12-14,18,28H,2-3,8,11H2,1H3,(H,30,33)(H,31,35)/t18-/m1/s1. The number of amides is 1. The third-order valence-corrected chi connectivity index (χ3v) is 6.57. The van der Waals surface area contributed by atoms with Crippen molar-refractivity contribution in [1.82, 2.24) is 35.4 Å². The highest BCUT2D eigenvalue weighted by molar-refractivity contribution is 6.13. The van der Waals surface area contributed by atoms with Crippen molar-refractivity contribution < 1.29 is 9.18 Å².